The van der Waals surface area contributed by atoms with Gasteiger partial charge in [0.1, 0.15) is 6.07 Å². The van der Waals surface area contributed by atoms with Gasteiger partial charge in [0, 0.05) is 18.1 Å². The number of hydrogen-bond acceptors (Lipinski definition) is 2. The van der Waals surface area contributed by atoms with Crippen LogP contribution in [0.2, 0.25) is 5.02 Å². The minimum atomic E-state index is 0.510. The number of nitrogens with zero attached hydrogens (tertiary/aromatic N) is 2. The molecule has 0 aliphatic carbocycles. The summed E-state index contributed by atoms with van der Waals surface area (Å²) in [5, 5.41) is 9.87. The quantitative estimate of drug-likeness (QED) is 0.805. The summed E-state index contributed by atoms with van der Waals surface area (Å²) < 4.78 is 0. The van der Waals surface area contributed by atoms with E-state index in [9.17, 15) is 5.26 Å². The van der Waals surface area contributed by atoms with E-state index >= 15 is 0 Å². The normalized spacial score (nSPS) is 18.1. The van der Waals surface area contributed by atoms with Crippen LogP contribution in [0.5, 0.6) is 0 Å². The van der Waals surface area contributed by atoms with Crippen LogP contribution in [0.1, 0.15) is 45.1 Å². The molecule has 0 atom stereocenters. The van der Waals surface area contributed by atoms with Crippen molar-refractivity contribution in [1.82, 2.24) is 0 Å². The Balaban J connectivity index is 2.16. The van der Waals surface area contributed by atoms with Gasteiger partial charge in [0.15, 0.2) is 0 Å². The maximum atomic E-state index is 9.23. The molecule has 0 N–H and O–H groups in total. The number of piperidine rings is 1. The molecule has 1 aromatic rings. The molecule has 0 saturated carbocycles. The molecule has 1 aromatic carbocycles. The second-order valence-corrected chi connectivity index (χ2v) is 5.90. The van der Waals surface area contributed by atoms with Crippen molar-refractivity contribution < 1.29 is 0 Å². The predicted octanol–water partition coefficient (Wildman–Crippen LogP) is 4.62. The minimum absolute atomic E-state index is 0.510. The van der Waals surface area contributed by atoms with Gasteiger partial charge in [0.2, 0.25) is 0 Å². The molecule has 1 aliphatic heterocycles. The number of benzene rings is 1. The van der Waals surface area contributed by atoms with Gasteiger partial charge in [0.05, 0.1) is 11.3 Å². The largest absolute Gasteiger partial charge is 0.370 e. The summed E-state index contributed by atoms with van der Waals surface area (Å²) >= 11 is 5.96. The van der Waals surface area contributed by atoms with Crippen LogP contribution >= 0.6 is 11.6 Å². The van der Waals surface area contributed by atoms with Crippen molar-refractivity contribution in [1.29, 1.82) is 5.26 Å². The summed E-state index contributed by atoms with van der Waals surface area (Å²) in [6, 6.07) is 7.87. The van der Waals surface area contributed by atoms with Gasteiger partial charge in [-0.05, 0) is 36.5 Å². The van der Waals surface area contributed by atoms with E-state index in [1.807, 2.05) is 12.1 Å². The summed E-state index contributed by atoms with van der Waals surface area (Å²) in [6.07, 6.45) is 4.94. The minimum Gasteiger partial charge on any atom is -0.370 e. The third-order valence-corrected chi connectivity index (χ3v) is 4.98. The van der Waals surface area contributed by atoms with E-state index in [-0.39, 0.29) is 0 Å². The van der Waals surface area contributed by atoms with Crippen molar-refractivity contribution in [3.8, 4) is 6.07 Å². The zero-order valence-electron chi connectivity index (χ0n) is 11.7. The van der Waals surface area contributed by atoms with Crippen molar-refractivity contribution in [2.45, 2.75) is 39.5 Å². The Morgan fingerprint density at radius 2 is 1.89 bits per heavy atom. The predicted molar refractivity (Wildman–Crippen MR) is 80.6 cm³/mol. The van der Waals surface area contributed by atoms with Crippen LogP contribution in [-0.2, 0) is 0 Å². The van der Waals surface area contributed by atoms with Crippen LogP contribution in [0.15, 0.2) is 18.2 Å². The summed E-state index contributed by atoms with van der Waals surface area (Å²) in [5.74, 6) is 0. The van der Waals surface area contributed by atoms with E-state index < -0.39 is 0 Å². The topological polar surface area (TPSA) is 27.0 Å². The molecule has 1 saturated heterocycles. The Bertz CT molecular complexity index is 476. The highest BCUT2D eigenvalue weighted by Crippen LogP contribution is 2.39. The zero-order chi connectivity index (χ0) is 13.9. The SMILES string of the molecule is CCC1(CC)CCN(c2ccc(Cl)cc2C#N)CC1. The van der Waals surface area contributed by atoms with Crippen molar-refractivity contribution >= 4 is 17.3 Å². The molecule has 19 heavy (non-hydrogen) atoms. The first-order valence-electron chi connectivity index (χ1n) is 7.09. The highest BCUT2D eigenvalue weighted by molar-refractivity contribution is 6.30. The Hall–Kier alpha value is -1.20. The van der Waals surface area contributed by atoms with Crippen LogP contribution in [0.25, 0.3) is 0 Å². The van der Waals surface area contributed by atoms with Gasteiger partial charge < -0.3 is 4.90 Å². The molecule has 1 aliphatic rings. The Morgan fingerprint density at radius 1 is 1.26 bits per heavy atom. The molecule has 3 heteroatoms. The van der Waals surface area contributed by atoms with Crippen molar-refractivity contribution in [3.05, 3.63) is 28.8 Å². The summed E-state index contributed by atoms with van der Waals surface area (Å²) in [4.78, 5) is 2.33. The Labute approximate surface area is 121 Å². The molecule has 1 fully saturated rings. The first-order valence-corrected chi connectivity index (χ1v) is 7.46. The average Bonchev–Trinajstić information content (AvgIpc) is 2.47. The summed E-state index contributed by atoms with van der Waals surface area (Å²) in [6.45, 7) is 6.67. The highest BCUT2D eigenvalue weighted by atomic mass is 35.5. The zero-order valence-corrected chi connectivity index (χ0v) is 12.5. The molecule has 0 spiro atoms. The molecule has 0 amide bonds. The lowest BCUT2D eigenvalue weighted by atomic mass is 9.74. The smallest absolute Gasteiger partial charge is 0.101 e. The molecular formula is C16H21ClN2. The van der Waals surface area contributed by atoms with Crippen LogP contribution < -0.4 is 4.90 Å². The van der Waals surface area contributed by atoms with E-state index in [4.69, 9.17) is 11.6 Å². The highest BCUT2D eigenvalue weighted by Gasteiger charge is 2.31. The lowest BCUT2D eigenvalue weighted by Gasteiger charge is -2.42. The van der Waals surface area contributed by atoms with Gasteiger partial charge in [-0.3, -0.25) is 0 Å². The fraction of sp³-hybridized carbons (Fsp3) is 0.562. The molecule has 102 valence electrons. The van der Waals surface area contributed by atoms with Crippen LogP contribution in [0.4, 0.5) is 5.69 Å². The van der Waals surface area contributed by atoms with E-state index in [1.165, 1.54) is 25.7 Å². The first kappa shape index (κ1) is 14.2. The van der Waals surface area contributed by atoms with Crippen LogP contribution in [0, 0.1) is 16.7 Å². The van der Waals surface area contributed by atoms with Gasteiger partial charge >= 0.3 is 0 Å². The van der Waals surface area contributed by atoms with Crippen LogP contribution in [-0.4, -0.2) is 13.1 Å². The maximum Gasteiger partial charge on any atom is 0.101 e. The van der Waals surface area contributed by atoms with Gasteiger partial charge in [-0.2, -0.15) is 5.26 Å². The molecule has 0 radical (unpaired) electrons. The lowest BCUT2D eigenvalue weighted by molar-refractivity contribution is 0.199. The molecule has 0 aromatic heterocycles. The van der Waals surface area contributed by atoms with E-state index in [1.54, 1.807) is 6.07 Å². The fourth-order valence-electron chi connectivity index (χ4n) is 3.05. The van der Waals surface area contributed by atoms with Crippen molar-refractivity contribution in [2.24, 2.45) is 5.41 Å². The van der Waals surface area contributed by atoms with Gasteiger partial charge in [-0.1, -0.05) is 38.3 Å². The van der Waals surface area contributed by atoms with Gasteiger partial charge in [0.25, 0.3) is 0 Å². The number of rotatable bonds is 3. The number of anilines is 1. The molecular weight excluding hydrogens is 256 g/mol. The lowest BCUT2D eigenvalue weighted by Crippen LogP contribution is -2.39. The first-order chi connectivity index (χ1) is 9.14. The van der Waals surface area contributed by atoms with Crippen LogP contribution in [0.3, 0.4) is 0 Å². The second-order valence-electron chi connectivity index (χ2n) is 5.47. The van der Waals surface area contributed by atoms with E-state index in [0.29, 0.717) is 16.0 Å². The number of halogens is 1. The van der Waals surface area contributed by atoms with E-state index in [2.05, 4.69) is 24.8 Å². The Morgan fingerprint density at radius 3 is 2.42 bits per heavy atom. The maximum absolute atomic E-state index is 9.23. The molecule has 0 bridgehead atoms. The van der Waals surface area contributed by atoms with E-state index in [0.717, 1.165) is 18.8 Å². The molecule has 0 unspecified atom stereocenters. The molecule has 2 rings (SSSR count). The summed E-state index contributed by atoms with van der Waals surface area (Å²) in [5.41, 5.74) is 2.23. The van der Waals surface area contributed by atoms with Crippen molar-refractivity contribution in [3.63, 3.8) is 0 Å². The van der Waals surface area contributed by atoms with Gasteiger partial charge in [-0.15, -0.1) is 0 Å². The summed E-state index contributed by atoms with van der Waals surface area (Å²) in [7, 11) is 0. The second kappa shape index (κ2) is 5.84. The van der Waals surface area contributed by atoms with Crippen molar-refractivity contribution in [2.75, 3.05) is 18.0 Å². The molecule has 2 nitrogen and oxygen atoms in total. The number of hydrogen-bond donors (Lipinski definition) is 0. The standard InChI is InChI=1S/C16H21ClN2/c1-3-16(4-2)7-9-19(10-8-16)15-6-5-14(17)11-13(15)12-18/h5-6,11H,3-4,7-10H2,1-2H3. The van der Waals surface area contributed by atoms with Gasteiger partial charge in [-0.25, -0.2) is 0 Å². The third-order valence-electron chi connectivity index (χ3n) is 4.74. The monoisotopic (exact) mass is 276 g/mol. The average molecular weight is 277 g/mol. The Kier molecular flexibility index (Phi) is 4.37. The number of nitriles is 1. The fourth-order valence-corrected chi connectivity index (χ4v) is 3.22. The third kappa shape index (κ3) is 2.87. The molecule has 1 heterocycles.